The van der Waals surface area contributed by atoms with Gasteiger partial charge in [-0.15, -0.1) is 0 Å². The van der Waals surface area contributed by atoms with Gasteiger partial charge in [0.15, 0.2) is 5.78 Å². The van der Waals surface area contributed by atoms with E-state index in [2.05, 4.69) is 5.10 Å². The molecule has 0 aliphatic rings. The number of aromatic nitrogens is 3. The Bertz CT molecular complexity index is 1580. The standard InChI is InChI=1S/C30H32ClN3O5/c1-5-9-25(35)27-26(19-10-7-6-8-11-19)23-16-20(31)12-13-22(23)28(36)33(27)18-21-17-24(29(37)39-4)34(32-21)15-14-30(2,3)38/h6-8,10-13,16-17,38H,5,9,14-15,18H2,1-4H3. The lowest BCUT2D eigenvalue weighted by atomic mass is 9.94. The number of benzene rings is 2. The van der Waals surface area contributed by atoms with Crippen molar-refractivity contribution in [1.29, 1.82) is 0 Å². The minimum Gasteiger partial charge on any atom is -0.464 e. The number of ether oxygens (including phenoxy) is 1. The Morgan fingerprint density at radius 1 is 1.08 bits per heavy atom. The summed E-state index contributed by atoms with van der Waals surface area (Å²) in [5.74, 6) is -0.762. The number of fused-ring (bicyclic) bond motifs is 1. The molecule has 0 aliphatic heterocycles. The summed E-state index contributed by atoms with van der Waals surface area (Å²) in [6.07, 6.45) is 1.19. The van der Waals surface area contributed by atoms with Crippen LogP contribution in [0.15, 0.2) is 59.4 Å². The lowest BCUT2D eigenvalue weighted by molar-refractivity contribution is 0.0553. The van der Waals surface area contributed by atoms with E-state index in [0.717, 1.165) is 5.56 Å². The monoisotopic (exact) mass is 549 g/mol. The Balaban J connectivity index is 1.97. The van der Waals surface area contributed by atoms with Gasteiger partial charge < -0.3 is 9.84 Å². The highest BCUT2D eigenvalue weighted by molar-refractivity contribution is 6.31. The van der Waals surface area contributed by atoms with Crippen molar-refractivity contribution in [3.05, 3.63) is 87.1 Å². The second kappa shape index (κ2) is 11.6. The average molecular weight is 550 g/mol. The van der Waals surface area contributed by atoms with Gasteiger partial charge in [-0.05, 0) is 61.9 Å². The molecule has 9 heteroatoms. The number of rotatable bonds is 10. The predicted molar refractivity (Wildman–Crippen MR) is 151 cm³/mol. The summed E-state index contributed by atoms with van der Waals surface area (Å²) in [7, 11) is 1.28. The second-order valence-electron chi connectivity index (χ2n) is 10.1. The molecular weight excluding hydrogens is 518 g/mol. The molecular formula is C30H32ClN3O5. The van der Waals surface area contributed by atoms with Crippen LogP contribution in [-0.4, -0.2) is 43.9 Å². The maximum Gasteiger partial charge on any atom is 0.356 e. The second-order valence-corrected chi connectivity index (χ2v) is 10.6. The Labute approximate surface area is 231 Å². The number of nitrogens with zero attached hydrogens (tertiary/aromatic N) is 3. The Morgan fingerprint density at radius 3 is 2.44 bits per heavy atom. The van der Waals surface area contributed by atoms with E-state index in [1.165, 1.54) is 16.4 Å². The number of aryl methyl sites for hydroxylation is 1. The third-order valence-electron chi connectivity index (χ3n) is 6.52. The van der Waals surface area contributed by atoms with Crippen molar-refractivity contribution < 1.29 is 19.4 Å². The van der Waals surface area contributed by atoms with Crippen molar-refractivity contribution in [2.45, 2.75) is 58.7 Å². The van der Waals surface area contributed by atoms with E-state index in [1.54, 1.807) is 38.1 Å². The smallest absolute Gasteiger partial charge is 0.356 e. The quantitative estimate of drug-likeness (QED) is 0.207. The molecule has 0 bridgehead atoms. The number of Topliss-reactive ketones (excluding diaryl/α,β-unsaturated/α-hetero) is 1. The highest BCUT2D eigenvalue weighted by Crippen LogP contribution is 2.33. The van der Waals surface area contributed by atoms with E-state index in [0.29, 0.717) is 39.9 Å². The van der Waals surface area contributed by atoms with Crippen LogP contribution in [0.4, 0.5) is 0 Å². The number of methoxy groups -OCH3 is 1. The summed E-state index contributed by atoms with van der Waals surface area (Å²) in [5.41, 5.74) is 0.957. The maximum atomic E-state index is 13.9. The molecule has 39 heavy (non-hydrogen) atoms. The normalized spacial score (nSPS) is 11.6. The van der Waals surface area contributed by atoms with Crippen LogP contribution in [0.3, 0.4) is 0 Å². The van der Waals surface area contributed by atoms with Gasteiger partial charge in [0.1, 0.15) is 5.69 Å². The van der Waals surface area contributed by atoms with Crippen LogP contribution in [0.25, 0.3) is 21.9 Å². The van der Waals surface area contributed by atoms with E-state index in [4.69, 9.17) is 16.3 Å². The molecule has 0 atom stereocenters. The number of pyridine rings is 1. The summed E-state index contributed by atoms with van der Waals surface area (Å²) in [6, 6.07) is 16.0. The Morgan fingerprint density at radius 2 is 1.79 bits per heavy atom. The van der Waals surface area contributed by atoms with Crippen LogP contribution in [0, 0.1) is 0 Å². The first-order valence-electron chi connectivity index (χ1n) is 12.9. The molecule has 4 rings (SSSR count). The zero-order chi connectivity index (χ0) is 28.3. The molecule has 0 saturated heterocycles. The van der Waals surface area contributed by atoms with Gasteiger partial charge >= 0.3 is 5.97 Å². The van der Waals surface area contributed by atoms with Gasteiger partial charge in [0.2, 0.25) is 0 Å². The fourth-order valence-corrected chi connectivity index (χ4v) is 4.80. The number of hydrogen-bond acceptors (Lipinski definition) is 6. The average Bonchev–Trinajstić information content (AvgIpc) is 3.31. The van der Waals surface area contributed by atoms with Crippen LogP contribution in [0.2, 0.25) is 5.02 Å². The number of hydrogen-bond donors (Lipinski definition) is 1. The van der Waals surface area contributed by atoms with E-state index in [9.17, 15) is 19.5 Å². The minimum absolute atomic E-state index is 0.0401. The number of esters is 1. The summed E-state index contributed by atoms with van der Waals surface area (Å²) in [6.45, 7) is 5.48. The third kappa shape index (κ3) is 6.13. The zero-order valence-electron chi connectivity index (χ0n) is 22.5. The van der Waals surface area contributed by atoms with Crippen LogP contribution in [0.5, 0.6) is 0 Å². The first-order valence-corrected chi connectivity index (χ1v) is 13.2. The Kier molecular flexibility index (Phi) is 8.37. The van der Waals surface area contributed by atoms with Crippen LogP contribution < -0.4 is 5.56 Å². The summed E-state index contributed by atoms with van der Waals surface area (Å²) in [4.78, 5) is 40.1. The van der Waals surface area contributed by atoms with Gasteiger partial charge in [-0.25, -0.2) is 4.79 Å². The van der Waals surface area contributed by atoms with Crippen molar-refractivity contribution in [3.8, 4) is 11.1 Å². The van der Waals surface area contributed by atoms with E-state index >= 15 is 0 Å². The number of halogens is 1. The molecule has 8 nitrogen and oxygen atoms in total. The van der Waals surface area contributed by atoms with Crippen LogP contribution >= 0.6 is 11.6 Å². The topological polar surface area (TPSA) is 103 Å². The lowest BCUT2D eigenvalue weighted by Crippen LogP contribution is -2.28. The van der Waals surface area contributed by atoms with Crippen LogP contribution in [-0.2, 0) is 17.8 Å². The first-order chi connectivity index (χ1) is 18.5. The SMILES string of the molecule is CCCC(=O)c1c(-c2ccccc2)c2cc(Cl)ccc2c(=O)n1Cc1cc(C(=O)OC)n(CCC(C)(C)O)n1. The molecule has 0 amide bonds. The molecule has 0 radical (unpaired) electrons. The van der Waals surface area contributed by atoms with E-state index in [1.807, 2.05) is 37.3 Å². The zero-order valence-corrected chi connectivity index (χ0v) is 23.3. The van der Waals surface area contributed by atoms with Crippen molar-refractivity contribution in [2.75, 3.05) is 7.11 Å². The molecule has 4 aromatic rings. The van der Waals surface area contributed by atoms with Gasteiger partial charge in [0.05, 0.1) is 30.6 Å². The summed E-state index contributed by atoms with van der Waals surface area (Å²) in [5, 5.41) is 16.2. The fraction of sp³-hybridized carbons (Fsp3) is 0.333. The molecule has 0 fully saturated rings. The lowest BCUT2D eigenvalue weighted by Gasteiger charge is -2.19. The first kappa shape index (κ1) is 28.3. The van der Waals surface area contributed by atoms with Gasteiger partial charge in [-0.3, -0.25) is 18.8 Å². The fourth-order valence-electron chi connectivity index (χ4n) is 4.63. The van der Waals surface area contributed by atoms with E-state index < -0.39 is 11.6 Å². The number of carbonyl (C=O) groups is 2. The van der Waals surface area contributed by atoms with Gasteiger partial charge in [0, 0.05) is 28.9 Å². The van der Waals surface area contributed by atoms with Gasteiger partial charge in [-0.1, -0.05) is 48.9 Å². The van der Waals surface area contributed by atoms with Crippen LogP contribution in [0.1, 0.15) is 66.7 Å². The number of ketones is 1. The molecule has 2 aromatic carbocycles. The molecule has 204 valence electrons. The molecule has 1 N–H and O–H groups in total. The molecule has 0 aliphatic carbocycles. The molecule has 0 saturated carbocycles. The predicted octanol–water partition coefficient (Wildman–Crippen LogP) is 5.50. The highest BCUT2D eigenvalue weighted by Gasteiger charge is 2.25. The minimum atomic E-state index is -0.972. The molecule has 2 heterocycles. The summed E-state index contributed by atoms with van der Waals surface area (Å²) < 4.78 is 7.85. The summed E-state index contributed by atoms with van der Waals surface area (Å²) >= 11 is 6.35. The van der Waals surface area contributed by atoms with Gasteiger partial charge in [0.25, 0.3) is 5.56 Å². The van der Waals surface area contributed by atoms with Gasteiger partial charge in [-0.2, -0.15) is 5.10 Å². The highest BCUT2D eigenvalue weighted by atomic mass is 35.5. The molecule has 2 aromatic heterocycles. The third-order valence-corrected chi connectivity index (χ3v) is 6.75. The number of carbonyl (C=O) groups excluding carboxylic acids is 2. The Hall–Kier alpha value is -3.75. The maximum absolute atomic E-state index is 13.9. The molecule has 0 unspecified atom stereocenters. The van der Waals surface area contributed by atoms with Crippen molar-refractivity contribution in [3.63, 3.8) is 0 Å². The van der Waals surface area contributed by atoms with Crippen molar-refractivity contribution in [1.82, 2.24) is 14.3 Å². The van der Waals surface area contributed by atoms with Crippen molar-refractivity contribution >= 4 is 34.1 Å². The largest absolute Gasteiger partial charge is 0.464 e. The van der Waals surface area contributed by atoms with E-state index in [-0.39, 0.29) is 42.2 Å². The van der Waals surface area contributed by atoms with Crippen molar-refractivity contribution in [2.24, 2.45) is 0 Å². The number of aliphatic hydroxyl groups is 1. The molecule has 0 spiro atoms.